The summed E-state index contributed by atoms with van der Waals surface area (Å²) in [6.07, 6.45) is -1.25. The first-order valence-corrected chi connectivity index (χ1v) is 3.00. The van der Waals surface area contributed by atoms with Gasteiger partial charge in [-0.05, 0) is 13.8 Å². The van der Waals surface area contributed by atoms with Crippen LogP contribution in [-0.4, -0.2) is 39.8 Å². The fourth-order valence-corrected chi connectivity index (χ4v) is 0.383. The molecule has 0 bridgehead atoms. The third kappa shape index (κ3) is 3.00. The van der Waals surface area contributed by atoms with Crippen molar-refractivity contribution in [2.24, 2.45) is 0 Å². The summed E-state index contributed by atoms with van der Waals surface area (Å²) in [7, 11) is 1.22. The Morgan fingerprint density at radius 2 is 1.67 bits per heavy atom. The van der Waals surface area contributed by atoms with Gasteiger partial charge in [-0.2, -0.15) is 0 Å². The van der Waals surface area contributed by atoms with Crippen LogP contribution in [0.15, 0.2) is 0 Å². The normalized spacial score (nSPS) is 9.92. The van der Waals surface area contributed by atoms with Gasteiger partial charge in [-0.3, -0.25) is 4.90 Å². The Labute approximate surface area is 94.1 Å². The number of hydrogen-bond donors (Lipinski definition) is 2. The minimum atomic E-state index is -1.37. The van der Waals surface area contributed by atoms with E-state index in [0.29, 0.717) is 0 Å². The number of likely N-dealkylation sites (N-methyl/N-ethyl adjacent to an activating group) is 1. The maximum atomic E-state index is 10.5. The molecule has 6 heteroatoms. The molecule has 0 rings (SSSR count). The molecular weight excluding hydrogens is 173 g/mol. The van der Waals surface area contributed by atoms with Crippen LogP contribution >= 0.6 is 0 Å². The van der Waals surface area contributed by atoms with Gasteiger partial charge in [0.15, 0.2) is 0 Å². The predicted molar refractivity (Wildman–Crippen MR) is 38.6 cm³/mol. The quantitative estimate of drug-likeness (QED) is 0.469. The smallest absolute Gasteiger partial charge is 1.00 e. The molecular formula is C6H12NNaO4. The van der Waals surface area contributed by atoms with E-state index in [4.69, 9.17) is 10.2 Å². The second-order valence-corrected chi connectivity index (χ2v) is 2.71. The van der Waals surface area contributed by atoms with E-state index in [1.165, 1.54) is 20.9 Å². The van der Waals surface area contributed by atoms with Crippen molar-refractivity contribution in [3.8, 4) is 0 Å². The molecule has 0 aromatic heterocycles. The number of carboxylic acids is 1. The van der Waals surface area contributed by atoms with Crippen molar-refractivity contribution in [1.29, 1.82) is 0 Å². The van der Waals surface area contributed by atoms with Crippen LogP contribution in [0.1, 0.15) is 15.3 Å². The molecule has 0 atom stereocenters. The Balaban J connectivity index is -0.000000500. The van der Waals surface area contributed by atoms with Crippen LogP contribution in [0.25, 0.3) is 0 Å². The average Bonchev–Trinajstić information content (AvgIpc) is 1.85. The van der Waals surface area contributed by atoms with Crippen LogP contribution in [0.2, 0.25) is 0 Å². The molecule has 0 fully saturated rings. The van der Waals surface area contributed by atoms with E-state index in [1.54, 1.807) is 0 Å². The van der Waals surface area contributed by atoms with Gasteiger partial charge in [0.05, 0.1) is 0 Å². The molecule has 0 aliphatic rings. The van der Waals surface area contributed by atoms with Crippen molar-refractivity contribution in [3.63, 3.8) is 0 Å². The molecule has 66 valence electrons. The van der Waals surface area contributed by atoms with Crippen molar-refractivity contribution in [3.05, 3.63) is 0 Å². The summed E-state index contributed by atoms with van der Waals surface area (Å²) < 4.78 is 0. The molecule has 0 saturated carbocycles. The van der Waals surface area contributed by atoms with Gasteiger partial charge in [0.25, 0.3) is 0 Å². The molecule has 0 heterocycles. The first-order valence-electron chi connectivity index (χ1n) is 3.00. The Morgan fingerprint density at radius 1 is 1.33 bits per heavy atom. The number of rotatable bonds is 2. The molecule has 0 radical (unpaired) electrons. The van der Waals surface area contributed by atoms with Crippen LogP contribution in [0.5, 0.6) is 0 Å². The van der Waals surface area contributed by atoms with Crippen LogP contribution in [-0.2, 0) is 4.79 Å². The van der Waals surface area contributed by atoms with Gasteiger partial charge in [-0.1, -0.05) is 0 Å². The molecule has 0 spiro atoms. The van der Waals surface area contributed by atoms with Crippen molar-refractivity contribution in [2.45, 2.75) is 19.4 Å². The number of carboxylic acid groups (broad SMARTS) is 2. The average molecular weight is 185 g/mol. The number of hydrogen-bond acceptors (Lipinski definition) is 2. The Bertz CT molecular complexity index is 197. The summed E-state index contributed by atoms with van der Waals surface area (Å²) in [5.41, 5.74) is -1.37. The van der Waals surface area contributed by atoms with Crippen molar-refractivity contribution in [1.82, 2.24) is 4.90 Å². The van der Waals surface area contributed by atoms with Gasteiger partial charge in [0.1, 0.15) is 5.54 Å². The predicted octanol–water partition coefficient (Wildman–Crippen LogP) is -2.42. The van der Waals surface area contributed by atoms with E-state index < -0.39 is 17.6 Å². The summed E-state index contributed by atoms with van der Waals surface area (Å²) in [5, 5.41) is 17.0. The third-order valence-corrected chi connectivity index (χ3v) is 1.65. The summed E-state index contributed by atoms with van der Waals surface area (Å²) in [4.78, 5) is 21.5. The fourth-order valence-electron chi connectivity index (χ4n) is 0.383. The maximum absolute atomic E-state index is 10.5. The molecule has 0 unspecified atom stereocenters. The Morgan fingerprint density at radius 3 is 1.75 bits per heavy atom. The molecule has 0 aliphatic heterocycles. The van der Waals surface area contributed by atoms with Crippen LogP contribution < -0.4 is 29.6 Å². The van der Waals surface area contributed by atoms with Gasteiger partial charge in [-0.25, -0.2) is 9.59 Å². The molecule has 0 aromatic carbocycles. The maximum Gasteiger partial charge on any atom is 1.00 e. The van der Waals surface area contributed by atoms with Gasteiger partial charge < -0.3 is 11.6 Å². The Kier molecular flexibility index (Phi) is 5.58. The van der Waals surface area contributed by atoms with Gasteiger partial charge >= 0.3 is 41.6 Å². The van der Waals surface area contributed by atoms with E-state index in [1.807, 2.05) is 0 Å². The van der Waals surface area contributed by atoms with Crippen LogP contribution in [0.4, 0.5) is 4.79 Å². The zero-order valence-electron chi connectivity index (χ0n) is 8.66. The molecule has 0 saturated heterocycles. The van der Waals surface area contributed by atoms with Gasteiger partial charge in [0, 0.05) is 7.05 Å². The van der Waals surface area contributed by atoms with E-state index in [-0.39, 0.29) is 31.0 Å². The molecule has 0 aliphatic carbocycles. The van der Waals surface area contributed by atoms with Gasteiger partial charge in [-0.15, -0.1) is 0 Å². The monoisotopic (exact) mass is 185 g/mol. The number of amides is 1. The summed E-state index contributed by atoms with van der Waals surface area (Å²) in [6.45, 7) is 2.65. The first kappa shape index (κ1) is 14.3. The van der Waals surface area contributed by atoms with Crippen LogP contribution in [0, 0.1) is 0 Å². The zero-order chi connectivity index (χ0) is 9.23. The number of aliphatic carboxylic acids is 1. The van der Waals surface area contributed by atoms with E-state index >= 15 is 0 Å². The molecule has 1 amide bonds. The van der Waals surface area contributed by atoms with Crippen LogP contribution in [0.3, 0.4) is 0 Å². The number of carbonyl (C=O) groups is 2. The zero-order valence-corrected chi connectivity index (χ0v) is 9.66. The van der Waals surface area contributed by atoms with Gasteiger partial charge in [0.2, 0.25) is 0 Å². The molecule has 0 aromatic rings. The fraction of sp³-hybridized carbons (Fsp3) is 0.667. The SMILES string of the molecule is CN(C(=O)O)C(C)(C)C(=O)O.[H-].[Na+]. The second-order valence-electron chi connectivity index (χ2n) is 2.71. The van der Waals surface area contributed by atoms with Crippen molar-refractivity contribution in [2.75, 3.05) is 7.05 Å². The molecule has 2 N–H and O–H groups in total. The van der Waals surface area contributed by atoms with E-state index in [2.05, 4.69) is 0 Å². The van der Waals surface area contributed by atoms with E-state index in [0.717, 1.165) is 4.90 Å². The van der Waals surface area contributed by atoms with Crippen molar-refractivity contribution >= 4 is 12.1 Å². The summed E-state index contributed by atoms with van der Waals surface area (Å²) >= 11 is 0. The first-order chi connectivity index (χ1) is 4.80. The summed E-state index contributed by atoms with van der Waals surface area (Å²) in [5.74, 6) is -1.16. The minimum absolute atomic E-state index is 0. The molecule has 5 nitrogen and oxygen atoms in total. The topological polar surface area (TPSA) is 77.8 Å². The molecule has 12 heavy (non-hydrogen) atoms. The van der Waals surface area contributed by atoms with E-state index in [9.17, 15) is 9.59 Å². The largest absolute Gasteiger partial charge is 1.00 e. The van der Waals surface area contributed by atoms with Crippen molar-refractivity contribution < 1.29 is 50.8 Å². The minimum Gasteiger partial charge on any atom is -1.00 e. The second kappa shape index (κ2) is 4.69. The number of nitrogens with zero attached hydrogens (tertiary/aromatic N) is 1. The summed E-state index contributed by atoms with van der Waals surface area (Å²) in [6, 6.07) is 0. The standard InChI is InChI=1S/C6H11NO4.Na.H/c1-6(2,4(8)9)7(3)5(10)11;;/h1-3H3,(H,8,9)(H,10,11);;/q;+1;-1. The third-order valence-electron chi connectivity index (χ3n) is 1.65. The Hall–Kier alpha value is -0.260.